The van der Waals surface area contributed by atoms with Gasteiger partial charge in [-0.2, -0.15) is 0 Å². The zero-order valence-electron chi connectivity index (χ0n) is 10.3. The Labute approximate surface area is 101 Å². The lowest BCUT2D eigenvalue weighted by Gasteiger charge is -2.26. The fourth-order valence-electron chi connectivity index (χ4n) is 2.52. The number of hydrogen-bond donors (Lipinski definition) is 1. The molecular weight excluding hydrogens is 222 g/mol. The second-order valence-electron chi connectivity index (χ2n) is 4.98. The number of nitrogens with zero attached hydrogens (tertiary/aromatic N) is 1. The van der Waals surface area contributed by atoms with Gasteiger partial charge in [0.1, 0.15) is 5.83 Å². The minimum Gasteiger partial charge on any atom is -0.303 e. The second kappa shape index (κ2) is 5.27. The molecule has 96 valence electrons. The summed E-state index contributed by atoms with van der Waals surface area (Å²) in [6.07, 6.45) is 7.21. The number of rotatable bonds is 4. The van der Waals surface area contributed by atoms with Crippen molar-refractivity contribution in [3.63, 3.8) is 0 Å². The lowest BCUT2D eigenvalue weighted by atomic mass is 10.0. The van der Waals surface area contributed by atoms with E-state index >= 15 is 0 Å². The Bertz CT molecular complexity index is 327. The van der Waals surface area contributed by atoms with Gasteiger partial charge in [-0.15, -0.1) is 0 Å². The minimum atomic E-state index is -1.56. The van der Waals surface area contributed by atoms with Crippen LogP contribution in [0.25, 0.3) is 0 Å². The molecule has 2 aliphatic rings. The molecule has 0 aromatic carbocycles. The van der Waals surface area contributed by atoms with E-state index < -0.39 is 5.79 Å². The first-order chi connectivity index (χ1) is 8.09. The van der Waals surface area contributed by atoms with Crippen LogP contribution in [0.15, 0.2) is 24.1 Å². The molecule has 0 aromatic heterocycles. The molecule has 1 fully saturated rings. The van der Waals surface area contributed by atoms with Crippen molar-refractivity contribution in [2.24, 2.45) is 0 Å². The number of likely N-dealkylation sites (tertiary alicyclic amines) is 1. The molecule has 0 spiro atoms. The van der Waals surface area contributed by atoms with Gasteiger partial charge in [0.05, 0.1) is 0 Å². The first-order valence-electron chi connectivity index (χ1n) is 6.28. The largest absolute Gasteiger partial charge is 0.303 e. The smallest absolute Gasteiger partial charge is 0.184 e. The molecule has 0 saturated carbocycles. The van der Waals surface area contributed by atoms with Gasteiger partial charge in [0.25, 0.3) is 0 Å². The van der Waals surface area contributed by atoms with Crippen LogP contribution < -0.4 is 5.32 Å². The van der Waals surface area contributed by atoms with Crippen molar-refractivity contribution in [3.8, 4) is 0 Å². The summed E-state index contributed by atoms with van der Waals surface area (Å²) in [7, 11) is 2.11. The first-order valence-corrected chi connectivity index (χ1v) is 6.28. The number of nitrogens with one attached hydrogen (secondary N) is 1. The maximum absolute atomic E-state index is 14.1. The van der Waals surface area contributed by atoms with E-state index in [0.717, 1.165) is 13.0 Å². The van der Waals surface area contributed by atoms with E-state index in [0.29, 0.717) is 12.6 Å². The molecule has 2 rings (SSSR count). The van der Waals surface area contributed by atoms with E-state index in [9.17, 15) is 8.78 Å². The summed E-state index contributed by atoms with van der Waals surface area (Å²) in [6, 6.07) is 0.561. The standard InChI is InChI=1S/C13H20F2N2/c1-17-10-2-3-12(17)6-9-16-13(15)7-4-11(14)5-8-13/h4-5,7,12,16H,2-3,6,8-10H2,1H3. The van der Waals surface area contributed by atoms with E-state index in [1.807, 2.05) is 0 Å². The van der Waals surface area contributed by atoms with E-state index in [1.165, 1.54) is 31.1 Å². The van der Waals surface area contributed by atoms with Crippen LogP contribution in [0.4, 0.5) is 8.78 Å². The van der Waals surface area contributed by atoms with Crippen LogP contribution in [-0.4, -0.2) is 36.9 Å². The Hall–Kier alpha value is -0.740. The molecule has 4 heteroatoms. The molecule has 0 amide bonds. The first kappa shape index (κ1) is 12.7. The molecule has 2 atom stereocenters. The average Bonchev–Trinajstić information content (AvgIpc) is 2.70. The molecular formula is C13H20F2N2. The molecule has 1 aliphatic heterocycles. The highest BCUT2D eigenvalue weighted by Gasteiger charge is 2.28. The third-order valence-corrected chi connectivity index (χ3v) is 3.67. The number of allylic oxidation sites excluding steroid dienone is 2. The van der Waals surface area contributed by atoms with Gasteiger partial charge >= 0.3 is 0 Å². The van der Waals surface area contributed by atoms with Crippen LogP contribution in [0.2, 0.25) is 0 Å². The van der Waals surface area contributed by atoms with Crippen molar-refractivity contribution in [2.75, 3.05) is 20.1 Å². The van der Waals surface area contributed by atoms with Gasteiger partial charge in [-0.3, -0.25) is 5.32 Å². The predicted molar refractivity (Wildman–Crippen MR) is 65.1 cm³/mol. The zero-order chi connectivity index (χ0) is 12.3. The summed E-state index contributed by atoms with van der Waals surface area (Å²) >= 11 is 0. The van der Waals surface area contributed by atoms with Crippen LogP contribution in [-0.2, 0) is 0 Å². The van der Waals surface area contributed by atoms with E-state index in [4.69, 9.17) is 0 Å². The molecule has 1 aliphatic carbocycles. The average molecular weight is 242 g/mol. The van der Waals surface area contributed by atoms with Crippen molar-refractivity contribution in [1.29, 1.82) is 0 Å². The summed E-state index contributed by atoms with van der Waals surface area (Å²) in [5, 5.41) is 2.87. The number of alkyl halides is 1. The van der Waals surface area contributed by atoms with Crippen LogP contribution in [0.3, 0.4) is 0 Å². The van der Waals surface area contributed by atoms with Crippen molar-refractivity contribution in [2.45, 2.75) is 37.5 Å². The van der Waals surface area contributed by atoms with Crippen molar-refractivity contribution in [3.05, 3.63) is 24.1 Å². The Kier molecular flexibility index (Phi) is 3.94. The predicted octanol–water partition coefficient (Wildman–Crippen LogP) is 2.54. The molecule has 2 unspecified atom stereocenters. The van der Waals surface area contributed by atoms with Crippen molar-refractivity contribution >= 4 is 0 Å². The highest BCUT2D eigenvalue weighted by Crippen LogP contribution is 2.23. The van der Waals surface area contributed by atoms with Gasteiger partial charge in [0.2, 0.25) is 0 Å². The van der Waals surface area contributed by atoms with Crippen LogP contribution in [0.1, 0.15) is 25.7 Å². The summed E-state index contributed by atoms with van der Waals surface area (Å²) in [4.78, 5) is 2.32. The molecule has 1 saturated heterocycles. The van der Waals surface area contributed by atoms with Crippen LogP contribution in [0.5, 0.6) is 0 Å². The SMILES string of the molecule is CN1CCCC1CCNC1(F)C=CC(F)=CC1. The third-order valence-electron chi connectivity index (χ3n) is 3.67. The highest BCUT2D eigenvalue weighted by molar-refractivity contribution is 5.22. The fourth-order valence-corrected chi connectivity index (χ4v) is 2.52. The molecule has 17 heavy (non-hydrogen) atoms. The van der Waals surface area contributed by atoms with Gasteiger partial charge in [0, 0.05) is 12.5 Å². The van der Waals surface area contributed by atoms with E-state index in [2.05, 4.69) is 17.3 Å². The second-order valence-corrected chi connectivity index (χ2v) is 4.98. The lowest BCUT2D eigenvalue weighted by Crippen LogP contribution is -2.41. The van der Waals surface area contributed by atoms with Gasteiger partial charge < -0.3 is 4.90 Å². The molecule has 0 radical (unpaired) electrons. The lowest BCUT2D eigenvalue weighted by molar-refractivity contribution is 0.168. The maximum Gasteiger partial charge on any atom is 0.184 e. The topological polar surface area (TPSA) is 15.3 Å². The van der Waals surface area contributed by atoms with Crippen molar-refractivity contribution in [1.82, 2.24) is 10.2 Å². The summed E-state index contributed by atoms with van der Waals surface area (Å²) in [5.74, 6) is -1.91. The Morgan fingerprint density at radius 3 is 3.00 bits per heavy atom. The normalized spacial score (nSPS) is 34.1. The molecule has 2 nitrogen and oxygen atoms in total. The molecule has 1 heterocycles. The summed E-state index contributed by atoms with van der Waals surface area (Å²) in [6.45, 7) is 1.77. The summed E-state index contributed by atoms with van der Waals surface area (Å²) < 4.78 is 26.8. The fraction of sp³-hybridized carbons (Fsp3) is 0.692. The van der Waals surface area contributed by atoms with Crippen LogP contribution in [0, 0.1) is 0 Å². The van der Waals surface area contributed by atoms with Gasteiger partial charge in [0.15, 0.2) is 5.79 Å². The Morgan fingerprint density at radius 1 is 1.59 bits per heavy atom. The highest BCUT2D eigenvalue weighted by atomic mass is 19.1. The Morgan fingerprint density at radius 2 is 2.41 bits per heavy atom. The maximum atomic E-state index is 14.1. The quantitative estimate of drug-likeness (QED) is 0.762. The zero-order valence-corrected chi connectivity index (χ0v) is 10.3. The number of halogens is 2. The molecule has 1 N–H and O–H groups in total. The van der Waals surface area contributed by atoms with Gasteiger partial charge in [-0.25, -0.2) is 8.78 Å². The van der Waals surface area contributed by atoms with Gasteiger partial charge in [-0.05, 0) is 57.6 Å². The van der Waals surface area contributed by atoms with E-state index in [-0.39, 0.29) is 12.2 Å². The minimum absolute atomic E-state index is 0.0792. The van der Waals surface area contributed by atoms with Crippen molar-refractivity contribution < 1.29 is 8.78 Å². The van der Waals surface area contributed by atoms with Crippen LogP contribution >= 0.6 is 0 Å². The monoisotopic (exact) mass is 242 g/mol. The summed E-state index contributed by atoms with van der Waals surface area (Å²) in [5.41, 5.74) is 0. The Balaban J connectivity index is 1.73. The third kappa shape index (κ3) is 3.36. The molecule has 0 aromatic rings. The van der Waals surface area contributed by atoms with Gasteiger partial charge in [-0.1, -0.05) is 0 Å². The van der Waals surface area contributed by atoms with E-state index in [1.54, 1.807) is 0 Å². The number of hydrogen-bond acceptors (Lipinski definition) is 2. The molecule has 0 bridgehead atoms.